The second-order valence-corrected chi connectivity index (χ2v) is 9.19. The molecule has 0 unspecified atom stereocenters. The molecule has 6 nitrogen and oxygen atoms in total. The fraction of sp³-hybridized carbons (Fsp3) is 0.375. The largest absolute Gasteiger partial charge is 0.494 e. The van der Waals surface area contributed by atoms with E-state index in [1.807, 2.05) is 20.8 Å². The van der Waals surface area contributed by atoms with Crippen molar-refractivity contribution in [3.05, 3.63) is 82.9 Å². The minimum atomic E-state index is -0.473. The third kappa shape index (κ3) is 8.37. The summed E-state index contributed by atoms with van der Waals surface area (Å²) in [7, 11) is 0. The Hall–Kier alpha value is -3.80. The molecule has 0 spiro atoms. The van der Waals surface area contributed by atoms with E-state index < -0.39 is 11.9 Å². The van der Waals surface area contributed by atoms with E-state index in [1.165, 1.54) is 32.1 Å². The first-order valence-electron chi connectivity index (χ1n) is 13.4. The van der Waals surface area contributed by atoms with Gasteiger partial charge in [-0.15, -0.1) is 0 Å². The second-order valence-electron chi connectivity index (χ2n) is 9.19. The average molecular weight is 519 g/mol. The van der Waals surface area contributed by atoms with Crippen molar-refractivity contribution in [3.8, 4) is 23.0 Å². The van der Waals surface area contributed by atoms with Gasteiger partial charge in [-0.25, -0.2) is 9.59 Å². The van der Waals surface area contributed by atoms with Crippen LogP contribution in [-0.2, 0) is 0 Å². The third-order valence-corrected chi connectivity index (χ3v) is 6.35. The smallest absolute Gasteiger partial charge is 0.343 e. The Labute approximate surface area is 225 Å². The molecule has 0 saturated carbocycles. The van der Waals surface area contributed by atoms with Crippen LogP contribution in [0.4, 0.5) is 0 Å². The van der Waals surface area contributed by atoms with Gasteiger partial charge in [0.2, 0.25) is 0 Å². The average Bonchev–Trinajstić information content (AvgIpc) is 2.93. The summed E-state index contributed by atoms with van der Waals surface area (Å²) in [4.78, 5) is 25.3. The Bertz CT molecular complexity index is 1180. The number of unbranched alkanes of at least 4 members (excludes halogenated alkanes) is 5. The summed E-state index contributed by atoms with van der Waals surface area (Å²) in [6, 6.07) is 17.0. The maximum atomic E-state index is 12.7. The lowest BCUT2D eigenvalue weighted by atomic mass is 10.1. The van der Waals surface area contributed by atoms with E-state index in [0.29, 0.717) is 52.7 Å². The van der Waals surface area contributed by atoms with Gasteiger partial charge in [-0.3, -0.25) is 0 Å². The van der Waals surface area contributed by atoms with Gasteiger partial charge >= 0.3 is 11.9 Å². The summed E-state index contributed by atoms with van der Waals surface area (Å²) in [6.45, 7) is 8.99. The molecule has 0 aliphatic heterocycles. The van der Waals surface area contributed by atoms with E-state index in [1.54, 1.807) is 60.7 Å². The van der Waals surface area contributed by atoms with E-state index in [4.69, 9.17) is 18.9 Å². The lowest BCUT2D eigenvalue weighted by Crippen LogP contribution is -2.12. The molecule has 38 heavy (non-hydrogen) atoms. The molecule has 0 bridgehead atoms. The highest BCUT2D eigenvalue weighted by Gasteiger charge is 2.16. The minimum Gasteiger partial charge on any atom is -0.494 e. The first-order chi connectivity index (χ1) is 18.4. The van der Waals surface area contributed by atoms with Crippen molar-refractivity contribution in [1.82, 2.24) is 0 Å². The van der Waals surface area contributed by atoms with Crippen LogP contribution < -0.4 is 18.9 Å². The van der Waals surface area contributed by atoms with Gasteiger partial charge in [0, 0.05) is 0 Å². The molecule has 6 heteroatoms. The maximum absolute atomic E-state index is 12.7. The van der Waals surface area contributed by atoms with Gasteiger partial charge in [-0.2, -0.15) is 0 Å². The molecular formula is C32H38O6. The van der Waals surface area contributed by atoms with E-state index >= 15 is 0 Å². The van der Waals surface area contributed by atoms with Gasteiger partial charge in [0.15, 0.2) is 0 Å². The summed E-state index contributed by atoms with van der Waals surface area (Å²) in [5.74, 6) is 1.32. The molecule has 0 fully saturated rings. The normalized spacial score (nSPS) is 10.6. The third-order valence-electron chi connectivity index (χ3n) is 6.35. The van der Waals surface area contributed by atoms with Crippen LogP contribution in [0.5, 0.6) is 23.0 Å². The van der Waals surface area contributed by atoms with Gasteiger partial charge in [-0.05, 0) is 99.0 Å². The monoisotopic (exact) mass is 518 g/mol. The molecule has 0 amide bonds. The Morgan fingerprint density at radius 1 is 0.579 bits per heavy atom. The fourth-order valence-electron chi connectivity index (χ4n) is 3.92. The minimum absolute atomic E-state index is 0.410. The zero-order valence-electron chi connectivity index (χ0n) is 22.9. The summed E-state index contributed by atoms with van der Waals surface area (Å²) < 4.78 is 22.4. The fourth-order valence-corrected chi connectivity index (χ4v) is 3.92. The van der Waals surface area contributed by atoms with E-state index in [2.05, 4.69) is 6.92 Å². The van der Waals surface area contributed by atoms with Crippen molar-refractivity contribution in [3.63, 3.8) is 0 Å². The van der Waals surface area contributed by atoms with Crippen LogP contribution in [0.3, 0.4) is 0 Å². The Morgan fingerprint density at radius 3 is 1.50 bits per heavy atom. The first kappa shape index (κ1) is 28.8. The highest BCUT2D eigenvalue weighted by molar-refractivity contribution is 5.92. The molecule has 0 aliphatic carbocycles. The van der Waals surface area contributed by atoms with Crippen molar-refractivity contribution < 1.29 is 28.5 Å². The Morgan fingerprint density at radius 2 is 1.03 bits per heavy atom. The topological polar surface area (TPSA) is 71.1 Å². The van der Waals surface area contributed by atoms with Crippen LogP contribution in [0.1, 0.15) is 84.2 Å². The Kier molecular flexibility index (Phi) is 11.2. The standard InChI is InChI=1S/C32H38O6/c1-5-7-8-9-10-11-22-36-28-18-14-26(15-19-28)32(34)38-30-21-20-29(23(3)24(30)4)37-31(33)25-12-16-27(17-13-25)35-6-2/h12-21H,5-11,22H2,1-4H3. The molecule has 3 rings (SSSR count). The van der Waals surface area contributed by atoms with Crippen molar-refractivity contribution in [2.45, 2.75) is 66.2 Å². The van der Waals surface area contributed by atoms with Crippen molar-refractivity contribution in [1.29, 1.82) is 0 Å². The Balaban J connectivity index is 1.54. The summed E-state index contributed by atoms with van der Waals surface area (Å²) in [5.41, 5.74) is 2.28. The van der Waals surface area contributed by atoms with E-state index in [0.717, 1.165) is 12.2 Å². The summed E-state index contributed by atoms with van der Waals surface area (Å²) in [6.07, 6.45) is 7.26. The number of hydrogen-bond acceptors (Lipinski definition) is 6. The molecule has 0 N–H and O–H groups in total. The highest BCUT2D eigenvalue weighted by Crippen LogP contribution is 2.30. The SMILES string of the molecule is CCCCCCCCOc1ccc(C(=O)Oc2ccc(OC(=O)c3ccc(OCC)cc3)c(C)c2C)cc1. The first-order valence-corrected chi connectivity index (χ1v) is 13.4. The molecule has 0 radical (unpaired) electrons. The predicted molar refractivity (Wildman–Crippen MR) is 149 cm³/mol. The summed E-state index contributed by atoms with van der Waals surface area (Å²) in [5, 5.41) is 0. The van der Waals surface area contributed by atoms with Crippen LogP contribution in [0, 0.1) is 13.8 Å². The molecule has 0 saturated heterocycles. The maximum Gasteiger partial charge on any atom is 0.343 e. The van der Waals surface area contributed by atoms with Gasteiger partial charge in [-0.1, -0.05) is 39.0 Å². The molecule has 3 aromatic carbocycles. The molecular weight excluding hydrogens is 480 g/mol. The van der Waals surface area contributed by atoms with Crippen LogP contribution in [-0.4, -0.2) is 25.2 Å². The number of carbonyl (C=O) groups excluding carboxylic acids is 2. The molecule has 202 valence electrons. The van der Waals surface area contributed by atoms with Gasteiger partial charge < -0.3 is 18.9 Å². The van der Waals surface area contributed by atoms with E-state index in [9.17, 15) is 9.59 Å². The second kappa shape index (κ2) is 14.8. The quantitative estimate of drug-likeness (QED) is 0.123. The molecule has 0 aromatic heterocycles. The van der Waals surface area contributed by atoms with Crippen LogP contribution in [0.15, 0.2) is 60.7 Å². The van der Waals surface area contributed by atoms with Crippen molar-refractivity contribution >= 4 is 11.9 Å². The number of hydrogen-bond donors (Lipinski definition) is 0. The summed E-state index contributed by atoms with van der Waals surface area (Å²) >= 11 is 0. The molecule has 0 heterocycles. The van der Waals surface area contributed by atoms with Gasteiger partial charge in [0.25, 0.3) is 0 Å². The van der Waals surface area contributed by atoms with Crippen molar-refractivity contribution in [2.75, 3.05) is 13.2 Å². The van der Waals surface area contributed by atoms with Crippen LogP contribution in [0.25, 0.3) is 0 Å². The molecule has 0 aliphatic rings. The van der Waals surface area contributed by atoms with Crippen molar-refractivity contribution in [2.24, 2.45) is 0 Å². The number of esters is 2. The highest BCUT2D eigenvalue weighted by atomic mass is 16.5. The number of benzene rings is 3. The predicted octanol–water partition coefficient (Wildman–Crippen LogP) is 7.88. The zero-order valence-corrected chi connectivity index (χ0v) is 22.9. The van der Waals surface area contributed by atoms with Crippen LogP contribution >= 0.6 is 0 Å². The van der Waals surface area contributed by atoms with Gasteiger partial charge in [0.1, 0.15) is 23.0 Å². The number of rotatable bonds is 14. The lowest BCUT2D eigenvalue weighted by Gasteiger charge is -2.14. The van der Waals surface area contributed by atoms with Gasteiger partial charge in [0.05, 0.1) is 24.3 Å². The molecule has 0 atom stereocenters. The van der Waals surface area contributed by atoms with Crippen LogP contribution in [0.2, 0.25) is 0 Å². The molecule has 3 aromatic rings. The number of ether oxygens (including phenoxy) is 4. The zero-order chi connectivity index (χ0) is 27.3. The lowest BCUT2D eigenvalue weighted by molar-refractivity contribution is 0.0717. The number of carbonyl (C=O) groups is 2. The van der Waals surface area contributed by atoms with E-state index in [-0.39, 0.29) is 0 Å².